The molecule has 0 radical (unpaired) electrons. The molecule has 0 nitrogen and oxygen atoms in total. The van der Waals surface area contributed by atoms with Crippen LogP contribution in [0.25, 0.3) is 77.2 Å². The molecule has 1 heteroatoms. The smallest absolute Gasteiger partial charge is 0.0725 e. The molecule has 3 aliphatic rings. The van der Waals surface area contributed by atoms with Gasteiger partial charge in [-0.2, -0.15) is 0 Å². The van der Waals surface area contributed by atoms with Crippen LogP contribution >= 0.6 is 11.8 Å². The maximum Gasteiger partial charge on any atom is 0.0725 e. The molecular weight excluding hydrogens is 645 g/mol. The van der Waals surface area contributed by atoms with Crippen molar-refractivity contribution in [1.82, 2.24) is 0 Å². The molecule has 1 spiro atoms. The lowest BCUT2D eigenvalue weighted by Crippen LogP contribution is -2.25. The van der Waals surface area contributed by atoms with Crippen LogP contribution < -0.4 is 0 Å². The van der Waals surface area contributed by atoms with E-state index in [1.165, 1.54) is 109 Å². The largest absolute Gasteiger partial charge is 0.0888 e. The van der Waals surface area contributed by atoms with Crippen LogP contribution in [0.1, 0.15) is 22.3 Å². The minimum atomic E-state index is -0.375. The van der Waals surface area contributed by atoms with Gasteiger partial charge < -0.3 is 0 Å². The average Bonchev–Trinajstić information content (AvgIpc) is 3.69. The van der Waals surface area contributed by atoms with Gasteiger partial charge in [0.2, 0.25) is 0 Å². The molecule has 1 unspecified atom stereocenters. The van der Waals surface area contributed by atoms with E-state index in [9.17, 15) is 0 Å². The van der Waals surface area contributed by atoms with Crippen LogP contribution in [0.3, 0.4) is 0 Å². The molecule has 12 rings (SSSR count). The minimum Gasteiger partial charge on any atom is -0.0888 e. The lowest BCUT2D eigenvalue weighted by molar-refractivity contribution is 0.794. The van der Waals surface area contributed by atoms with Gasteiger partial charge in [-0.3, -0.25) is 0 Å². The third kappa shape index (κ3) is 3.63. The quantitative estimate of drug-likeness (QED) is 0.176. The first kappa shape index (κ1) is 28.5. The van der Waals surface area contributed by atoms with Crippen LogP contribution in [-0.2, 0) is 5.41 Å². The van der Waals surface area contributed by atoms with E-state index in [4.69, 9.17) is 0 Å². The Hall–Kier alpha value is -6.15. The molecule has 1 aliphatic heterocycles. The van der Waals surface area contributed by atoms with Gasteiger partial charge in [0.1, 0.15) is 0 Å². The van der Waals surface area contributed by atoms with Gasteiger partial charge in [-0.05, 0) is 112 Å². The second-order valence-corrected chi connectivity index (χ2v) is 15.4. The Morgan fingerprint density at radius 1 is 0.327 bits per heavy atom. The maximum absolute atomic E-state index is 2.40. The minimum absolute atomic E-state index is 0.375. The summed E-state index contributed by atoms with van der Waals surface area (Å²) in [7, 11) is 0. The summed E-state index contributed by atoms with van der Waals surface area (Å²) in [5, 5.41) is 5.28. The van der Waals surface area contributed by atoms with Crippen LogP contribution in [0.5, 0.6) is 0 Å². The molecule has 0 aromatic heterocycles. The fourth-order valence-corrected chi connectivity index (χ4v) is 10.9. The van der Waals surface area contributed by atoms with Crippen LogP contribution in [-0.4, -0.2) is 0 Å². The number of rotatable bonds is 2. The van der Waals surface area contributed by atoms with Crippen molar-refractivity contribution < 1.29 is 0 Å². The van der Waals surface area contributed by atoms with Gasteiger partial charge in [0.25, 0.3) is 0 Å². The summed E-state index contributed by atoms with van der Waals surface area (Å²) >= 11 is 1.88. The predicted octanol–water partition coefficient (Wildman–Crippen LogP) is 13.8. The first-order chi connectivity index (χ1) is 25.8. The topological polar surface area (TPSA) is 0 Å². The highest BCUT2D eigenvalue weighted by Gasteiger charge is 2.52. The van der Waals surface area contributed by atoms with Gasteiger partial charge in [0, 0.05) is 15.2 Å². The first-order valence-electron chi connectivity index (χ1n) is 18.1. The van der Waals surface area contributed by atoms with Crippen molar-refractivity contribution in [2.24, 2.45) is 0 Å². The standard InChI is InChI=1S/C51H30S/c1-2-13-36-32(10-1)26-28-45-50(36)40-15-4-6-19-43(40)51(45)42-18-5-3-14-39(42)49-37(16-9-20-44(49)51)33-24-22-31(23-25-33)35-27-29-46-41(30-35)38-17-7-11-34-12-8-21-47(52-46)48(34)38/h1-30H. The van der Waals surface area contributed by atoms with Crippen molar-refractivity contribution in [1.29, 1.82) is 0 Å². The van der Waals surface area contributed by atoms with E-state index >= 15 is 0 Å². The van der Waals surface area contributed by atoms with Gasteiger partial charge in [0.15, 0.2) is 0 Å². The lowest BCUT2D eigenvalue weighted by atomic mass is 9.70. The molecule has 9 aromatic rings. The molecule has 9 aromatic carbocycles. The molecule has 1 atom stereocenters. The second kappa shape index (κ2) is 10.4. The first-order valence-corrected chi connectivity index (χ1v) is 18.9. The zero-order valence-electron chi connectivity index (χ0n) is 28.2. The molecule has 52 heavy (non-hydrogen) atoms. The van der Waals surface area contributed by atoms with Crippen molar-refractivity contribution in [3.63, 3.8) is 0 Å². The lowest BCUT2D eigenvalue weighted by Gasteiger charge is -2.30. The molecule has 0 fully saturated rings. The third-order valence-corrected chi connectivity index (χ3v) is 13.0. The van der Waals surface area contributed by atoms with Crippen molar-refractivity contribution in [2.45, 2.75) is 15.2 Å². The Kier molecular flexibility index (Phi) is 5.73. The van der Waals surface area contributed by atoms with Crippen LogP contribution in [0.4, 0.5) is 0 Å². The summed E-state index contributed by atoms with van der Waals surface area (Å²) in [5.41, 5.74) is 18.2. The molecule has 0 amide bonds. The summed E-state index contributed by atoms with van der Waals surface area (Å²) in [6.07, 6.45) is 0. The molecule has 0 saturated carbocycles. The zero-order valence-corrected chi connectivity index (χ0v) is 29.0. The van der Waals surface area contributed by atoms with Crippen LogP contribution in [0.2, 0.25) is 0 Å². The second-order valence-electron chi connectivity index (χ2n) is 14.3. The van der Waals surface area contributed by atoms with Crippen molar-refractivity contribution >= 4 is 33.3 Å². The Bertz CT molecular complexity index is 2980. The van der Waals surface area contributed by atoms with E-state index in [1.807, 2.05) is 11.8 Å². The third-order valence-electron chi connectivity index (χ3n) is 11.9. The van der Waals surface area contributed by atoms with E-state index < -0.39 is 0 Å². The van der Waals surface area contributed by atoms with Crippen molar-refractivity contribution in [2.75, 3.05) is 0 Å². The van der Waals surface area contributed by atoms with Gasteiger partial charge >= 0.3 is 0 Å². The van der Waals surface area contributed by atoms with Crippen molar-refractivity contribution in [3.05, 3.63) is 204 Å². The Morgan fingerprint density at radius 2 is 0.923 bits per heavy atom. The monoisotopic (exact) mass is 674 g/mol. The van der Waals surface area contributed by atoms with Gasteiger partial charge in [0.05, 0.1) is 5.41 Å². The number of benzene rings is 9. The predicted molar refractivity (Wildman–Crippen MR) is 218 cm³/mol. The maximum atomic E-state index is 2.40. The average molecular weight is 675 g/mol. The van der Waals surface area contributed by atoms with Gasteiger partial charge in [-0.1, -0.05) is 176 Å². The SMILES string of the molecule is c1ccc2c(c1)-c1c(-c3ccc(-c4ccc5c(c4)-c4cccc6cccc(c46)S5)cc3)cccc1C21c2ccccc2-c2c1ccc1ccccc21. The van der Waals surface area contributed by atoms with E-state index in [2.05, 4.69) is 182 Å². The van der Waals surface area contributed by atoms with E-state index in [1.54, 1.807) is 0 Å². The van der Waals surface area contributed by atoms with Crippen LogP contribution in [0, 0.1) is 0 Å². The highest BCUT2D eigenvalue weighted by atomic mass is 32.2. The number of fused-ring (bicyclic) bond motifs is 14. The normalized spacial score (nSPS) is 15.7. The summed E-state index contributed by atoms with van der Waals surface area (Å²) in [6.45, 7) is 0. The number of hydrogen-bond donors (Lipinski definition) is 0. The molecule has 240 valence electrons. The Morgan fingerprint density at radius 3 is 1.77 bits per heavy atom. The van der Waals surface area contributed by atoms with Crippen molar-refractivity contribution in [3.8, 4) is 55.6 Å². The highest BCUT2D eigenvalue weighted by molar-refractivity contribution is 7.99. The molecule has 2 aliphatic carbocycles. The summed E-state index contributed by atoms with van der Waals surface area (Å²) < 4.78 is 0. The molecule has 0 N–H and O–H groups in total. The Balaban J connectivity index is 1.02. The summed E-state index contributed by atoms with van der Waals surface area (Å²) in [5.74, 6) is 0. The van der Waals surface area contributed by atoms with Crippen LogP contribution in [0.15, 0.2) is 192 Å². The summed E-state index contributed by atoms with van der Waals surface area (Å²) in [6, 6.07) is 68.4. The van der Waals surface area contributed by atoms with E-state index in [-0.39, 0.29) is 5.41 Å². The van der Waals surface area contributed by atoms with E-state index in [0.29, 0.717) is 0 Å². The molecule has 0 saturated heterocycles. The zero-order chi connectivity index (χ0) is 34.0. The van der Waals surface area contributed by atoms with E-state index in [0.717, 1.165) is 0 Å². The highest BCUT2D eigenvalue weighted by Crippen LogP contribution is 2.64. The fraction of sp³-hybridized carbons (Fsp3) is 0.0196. The Labute approximate surface area is 307 Å². The van der Waals surface area contributed by atoms with Gasteiger partial charge in [-0.25, -0.2) is 0 Å². The molecule has 0 bridgehead atoms. The molecular formula is C51H30S. The number of hydrogen-bond acceptors (Lipinski definition) is 1. The fourth-order valence-electron chi connectivity index (χ4n) is 9.78. The van der Waals surface area contributed by atoms with Gasteiger partial charge in [-0.15, -0.1) is 0 Å². The molecule has 1 heterocycles. The summed E-state index contributed by atoms with van der Waals surface area (Å²) in [4.78, 5) is 2.66.